The Balaban J connectivity index is 1.43. The predicted molar refractivity (Wildman–Crippen MR) is 95.0 cm³/mol. The minimum Gasteiger partial charge on any atom is -0.311 e. The lowest BCUT2D eigenvalue weighted by Gasteiger charge is -2.29. The van der Waals surface area contributed by atoms with Gasteiger partial charge in [-0.3, -0.25) is 29.4 Å². The third-order valence-corrected chi connectivity index (χ3v) is 6.41. The fourth-order valence-electron chi connectivity index (χ4n) is 5.07. The summed E-state index contributed by atoms with van der Waals surface area (Å²) in [6, 6.07) is 5.69. The van der Waals surface area contributed by atoms with Crippen LogP contribution in [0.2, 0.25) is 0 Å². The van der Waals surface area contributed by atoms with Crippen molar-refractivity contribution in [1.82, 2.24) is 15.5 Å². The van der Waals surface area contributed by atoms with Crippen molar-refractivity contribution in [2.75, 3.05) is 0 Å². The summed E-state index contributed by atoms with van der Waals surface area (Å²) in [5.41, 5.74) is 1.83. The lowest BCUT2D eigenvalue weighted by molar-refractivity contribution is -0.136. The fourth-order valence-corrected chi connectivity index (χ4v) is 5.07. The smallest absolute Gasteiger partial charge is 0.262 e. The van der Waals surface area contributed by atoms with Crippen LogP contribution in [-0.4, -0.2) is 46.7 Å². The van der Waals surface area contributed by atoms with Gasteiger partial charge in [0.05, 0.1) is 11.1 Å². The number of nitrogens with zero attached hydrogens (tertiary/aromatic N) is 1. The van der Waals surface area contributed by atoms with Crippen LogP contribution in [0.1, 0.15) is 70.7 Å². The summed E-state index contributed by atoms with van der Waals surface area (Å²) < 4.78 is 0. The normalized spacial score (nSPS) is 32.7. The first-order valence-electron chi connectivity index (χ1n) is 9.63. The van der Waals surface area contributed by atoms with Crippen LogP contribution in [0.15, 0.2) is 18.2 Å². The van der Waals surface area contributed by atoms with Crippen molar-refractivity contribution < 1.29 is 19.2 Å². The Morgan fingerprint density at radius 3 is 2.30 bits per heavy atom. The van der Waals surface area contributed by atoms with E-state index in [0.29, 0.717) is 29.1 Å². The molecule has 0 aliphatic carbocycles. The van der Waals surface area contributed by atoms with Crippen LogP contribution in [0, 0.1) is 0 Å². The highest BCUT2D eigenvalue weighted by Crippen LogP contribution is 2.39. The van der Waals surface area contributed by atoms with Crippen LogP contribution >= 0.6 is 0 Å². The quantitative estimate of drug-likeness (QED) is 0.763. The van der Waals surface area contributed by atoms with Gasteiger partial charge in [0.1, 0.15) is 6.04 Å². The Bertz CT molecular complexity index is 868. The van der Waals surface area contributed by atoms with Crippen LogP contribution in [-0.2, 0) is 9.59 Å². The fraction of sp³-hybridized carbons (Fsp3) is 0.500. The van der Waals surface area contributed by atoms with Crippen LogP contribution in [0.25, 0.3) is 0 Å². The molecule has 0 aromatic heterocycles. The molecule has 1 aromatic rings. The van der Waals surface area contributed by atoms with Crippen molar-refractivity contribution in [3.8, 4) is 0 Å². The lowest BCUT2D eigenvalue weighted by atomic mass is 9.85. The standard InChI is InChI=1S/C20H21N3O4/c24-17-6-5-16(18(25)22-17)23-19(26)14-4-1-10(9-15(14)20(23)27)11-7-12-2-3-13(8-11)21-12/h1,4,9,11-13,16,21H,2-3,5-8H2,(H,22,24,25). The molecule has 7 heteroatoms. The summed E-state index contributed by atoms with van der Waals surface area (Å²) in [6.07, 6.45) is 4.82. The van der Waals surface area contributed by atoms with Gasteiger partial charge in [-0.25, -0.2) is 0 Å². The number of benzene rings is 1. The molecule has 3 fully saturated rings. The van der Waals surface area contributed by atoms with Crippen molar-refractivity contribution in [2.45, 2.75) is 62.6 Å². The Kier molecular flexibility index (Phi) is 3.69. The molecule has 7 nitrogen and oxygen atoms in total. The lowest BCUT2D eigenvalue weighted by Crippen LogP contribution is -2.54. The third-order valence-electron chi connectivity index (χ3n) is 6.41. The average Bonchev–Trinajstić information content (AvgIpc) is 3.12. The minimum atomic E-state index is -0.909. The molecule has 140 valence electrons. The molecular formula is C20H21N3O4. The first kappa shape index (κ1) is 16.6. The molecule has 5 rings (SSSR count). The first-order chi connectivity index (χ1) is 13.0. The van der Waals surface area contributed by atoms with E-state index in [4.69, 9.17) is 0 Å². The van der Waals surface area contributed by atoms with E-state index in [1.165, 1.54) is 12.8 Å². The zero-order chi connectivity index (χ0) is 18.7. The van der Waals surface area contributed by atoms with Crippen molar-refractivity contribution in [1.29, 1.82) is 0 Å². The highest BCUT2D eigenvalue weighted by molar-refractivity contribution is 6.23. The topological polar surface area (TPSA) is 95.6 Å². The summed E-state index contributed by atoms with van der Waals surface area (Å²) >= 11 is 0. The third kappa shape index (κ3) is 2.60. The summed E-state index contributed by atoms with van der Waals surface area (Å²) in [5, 5.41) is 5.84. The second-order valence-corrected chi connectivity index (χ2v) is 8.06. The zero-order valence-corrected chi connectivity index (χ0v) is 14.9. The molecule has 4 amide bonds. The van der Waals surface area contributed by atoms with Crippen LogP contribution in [0.3, 0.4) is 0 Å². The Morgan fingerprint density at radius 1 is 0.889 bits per heavy atom. The number of piperidine rings is 2. The van der Waals surface area contributed by atoms with Gasteiger partial charge in [-0.05, 0) is 55.7 Å². The van der Waals surface area contributed by atoms with E-state index in [2.05, 4.69) is 10.6 Å². The van der Waals surface area contributed by atoms with E-state index in [0.717, 1.165) is 23.3 Å². The summed E-state index contributed by atoms with van der Waals surface area (Å²) in [7, 11) is 0. The van der Waals surface area contributed by atoms with Gasteiger partial charge < -0.3 is 5.32 Å². The van der Waals surface area contributed by atoms with Gasteiger partial charge in [0.2, 0.25) is 11.8 Å². The Morgan fingerprint density at radius 2 is 1.59 bits per heavy atom. The molecule has 0 radical (unpaired) electrons. The van der Waals surface area contributed by atoms with Gasteiger partial charge in [-0.1, -0.05) is 6.07 Å². The van der Waals surface area contributed by atoms with E-state index in [-0.39, 0.29) is 18.7 Å². The Hall–Kier alpha value is -2.54. The molecule has 0 spiro atoms. The maximum absolute atomic E-state index is 12.9. The molecule has 3 saturated heterocycles. The number of amides is 4. The summed E-state index contributed by atoms with van der Waals surface area (Å²) in [4.78, 5) is 50.2. The molecule has 4 aliphatic rings. The van der Waals surface area contributed by atoms with E-state index in [1.54, 1.807) is 6.07 Å². The minimum absolute atomic E-state index is 0.132. The van der Waals surface area contributed by atoms with Crippen molar-refractivity contribution >= 4 is 23.6 Å². The van der Waals surface area contributed by atoms with E-state index in [1.807, 2.05) is 12.1 Å². The number of carbonyl (C=O) groups is 4. The number of hydrogen-bond donors (Lipinski definition) is 2. The first-order valence-corrected chi connectivity index (χ1v) is 9.63. The SMILES string of the molecule is O=C1CCC(N2C(=O)c3ccc(C4CC5CCC(C4)N5)cc3C2=O)C(=O)N1. The van der Waals surface area contributed by atoms with Crippen molar-refractivity contribution in [2.24, 2.45) is 0 Å². The zero-order valence-electron chi connectivity index (χ0n) is 14.9. The molecule has 1 aromatic carbocycles. The number of carbonyl (C=O) groups excluding carboxylic acids is 4. The van der Waals surface area contributed by atoms with E-state index < -0.39 is 23.8 Å². The number of nitrogens with one attached hydrogen (secondary N) is 2. The number of hydrogen-bond acceptors (Lipinski definition) is 5. The van der Waals surface area contributed by atoms with Crippen molar-refractivity contribution in [3.63, 3.8) is 0 Å². The van der Waals surface area contributed by atoms with Crippen LogP contribution < -0.4 is 10.6 Å². The maximum atomic E-state index is 12.9. The van der Waals surface area contributed by atoms with Crippen molar-refractivity contribution in [3.05, 3.63) is 34.9 Å². The second-order valence-electron chi connectivity index (χ2n) is 8.06. The summed E-state index contributed by atoms with van der Waals surface area (Å²) in [6.45, 7) is 0. The number of rotatable bonds is 2. The molecule has 0 saturated carbocycles. The summed E-state index contributed by atoms with van der Waals surface area (Å²) in [5.74, 6) is -1.42. The molecule has 2 bridgehead atoms. The highest BCUT2D eigenvalue weighted by atomic mass is 16.2. The van der Waals surface area contributed by atoms with Gasteiger partial charge in [0.25, 0.3) is 11.8 Å². The molecule has 4 aliphatic heterocycles. The van der Waals surface area contributed by atoms with E-state index >= 15 is 0 Å². The molecule has 2 N–H and O–H groups in total. The van der Waals surface area contributed by atoms with Gasteiger partial charge in [-0.15, -0.1) is 0 Å². The van der Waals surface area contributed by atoms with Gasteiger partial charge >= 0.3 is 0 Å². The highest BCUT2D eigenvalue weighted by Gasteiger charge is 2.45. The second kappa shape index (κ2) is 5.99. The largest absolute Gasteiger partial charge is 0.311 e. The molecule has 27 heavy (non-hydrogen) atoms. The Labute approximate surface area is 156 Å². The number of fused-ring (bicyclic) bond motifs is 3. The van der Waals surface area contributed by atoms with Gasteiger partial charge in [0.15, 0.2) is 0 Å². The molecule has 3 unspecified atom stereocenters. The average molecular weight is 367 g/mol. The molecule has 3 atom stereocenters. The van der Waals surface area contributed by atoms with Crippen LogP contribution in [0.5, 0.6) is 0 Å². The van der Waals surface area contributed by atoms with E-state index in [9.17, 15) is 19.2 Å². The van der Waals surface area contributed by atoms with Gasteiger partial charge in [0, 0.05) is 18.5 Å². The van der Waals surface area contributed by atoms with Crippen LogP contribution in [0.4, 0.5) is 0 Å². The number of imide groups is 2. The maximum Gasteiger partial charge on any atom is 0.262 e. The monoisotopic (exact) mass is 367 g/mol. The predicted octanol–water partition coefficient (Wildman–Crippen LogP) is 1.09. The molecular weight excluding hydrogens is 346 g/mol. The molecule has 4 heterocycles. The van der Waals surface area contributed by atoms with Gasteiger partial charge in [-0.2, -0.15) is 0 Å².